The number of nitriles is 1. The van der Waals surface area contributed by atoms with Crippen molar-refractivity contribution in [3.63, 3.8) is 0 Å². The van der Waals surface area contributed by atoms with Crippen LogP contribution >= 0.6 is 0 Å². The molecular formula is C9H10N4O2. The predicted molar refractivity (Wildman–Crippen MR) is 52.1 cm³/mol. The molecule has 0 saturated carbocycles. The second kappa shape index (κ2) is 4.91. The molecule has 0 amide bonds. The lowest BCUT2D eigenvalue weighted by atomic mass is 10.2. The van der Waals surface area contributed by atoms with Crippen LogP contribution in [0.2, 0.25) is 0 Å². The Bertz CT molecular complexity index is 399. The largest absolute Gasteiger partial charge is 0.480 e. The summed E-state index contributed by atoms with van der Waals surface area (Å²) < 4.78 is 0. The number of nitrogens with zero attached hydrogens (tertiary/aromatic N) is 3. The molecule has 0 aliphatic heterocycles. The second-order valence-corrected chi connectivity index (χ2v) is 2.82. The minimum Gasteiger partial charge on any atom is -0.480 e. The topological polar surface area (TPSA) is 98.9 Å². The van der Waals surface area contributed by atoms with Gasteiger partial charge in [-0.25, -0.2) is 14.8 Å². The van der Waals surface area contributed by atoms with E-state index in [0.29, 0.717) is 6.42 Å². The van der Waals surface area contributed by atoms with Gasteiger partial charge in [0.15, 0.2) is 0 Å². The number of rotatable bonds is 4. The number of nitrogens with one attached hydrogen (secondary N) is 1. The van der Waals surface area contributed by atoms with E-state index in [-0.39, 0.29) is 11.6 Å². The quantitative estimate of drug-likeness (QED) is 0.749. The van der Waals surface area contributed by atoms with Crippen LogP contribution in [0.5, 0.6) is 0 Å². The van der Waals surface area contributed by atoms with Crippen molar-refractivity contribution in [3.8, 4) is 6.07 Å². The van der Waals surface area contributed by atoms with Crippen molar-refractivity contribution in [2.75, 3.05) is 5.32 Å². The van der Waals surface area contributed by atoms with Crippen LogP contribution in [0.25, 0.3) is 0 Å². The highest BCUT2D eigenvalue weighted by Gasteiger charge is 2.15. The maximum Gasteiger partial charge on any atom is 0.326 e. The van der Waals surface area contributed by atoms with E-state index in [4.69, 9.17) is 10.4 Å². The van der Waals surface area contributed by atoms with E-state index >= 15 is 0 Å². The van der Waals surface area contributed by atoms with Gasteiger partial charge in [-0.05, 0) is 12.5 Å². The third kappa shape index (κ3) is 2.91. The van der Waals surface area contributed by atoms with Crippen molar-refractivity contribution in [1.29, 1.82) is 5.26 Å². The zero-order valence-electron chi connectivity index (χ0n) is 8.14. The first-order valence-electron chi connectivity index (χ1n) is 4.40. The zero-order valence-corrected chi connectivity index (χ0v) is 8.14. The van der Waals surface area contributed by atoms with Gasteiger partial charge in [0, 0.05) is 6.20 Å². The number of anilines is 1. The summed E-state index contributed by atoms with van der Waals surface area (Å²) in [7, 11) is 0. The Morgan fingerprint density at radius 1 is 1.80 bits per heavy atom. The standard InChI is InChI=1S/C9H10N4O2/c1-2-7(8(14)15)13-9-11-4-3-6(5-10)12-9/h3-4,7H,2H2,1H3,(H,14,15)(H,11,12,13)/t7-/m0/s1. The van der Waals surface area contributed by atoms with Crippen molar-refractivity contribution in [2.24, 2.45) is 0 Å². The molecule has 6 heteroatoms. The number of hydrogen-bond acceptors (Lipinski definition) is 5. The highest BCUT2D eigenvalue weighted by Crippen LogP contribution is 2.03. The molecule has 1 aromatic heterocycles. The number of carboxylic acid groups (broad SMARTS) is 1. The summed E-state index contributed by atoms with van der Waals surface area (Å²) in [6.07, 6.45) is 1.82. The van der Waals surface area contributed by atoms with Crippen molar-refractivity contribution >= 4 is 11.9 Å². The van der Waals surface area contributed by atoms with Crippen molar-refractivity contribution in [3.05, 3.63) is 18.0 Å². The summed E-state index contributed by atoms with van der Waals surface area (Å²) in [6.45, 7) is 1.74. The fourth-order valence-electron chi connectivity index (χ4n) is 0.985. The van der Waals surface area contributed by atoms with Crippen LogP contribution in [-0.4, -0.2) is 27.1 Å². The van der Waals surface area contributed by atoms with Crippen LogP contribution in [0.15, 0.2) is 12.3 Å². The molecule has 78 valence electrons. The highest BCUT2D eigenvalue weighted by atomic mass is 16.4. The van der Waals surface area contributed by atoms with E-state index < -0.39 is 12.0 Å². The van der Waals surface area contributed by atoms with E-state index in [1.807, 2.05) is 6.07 Å². The Labute approximate surface area is 86.6 Å². The molecule has 0 saturated heterocycles. The van der Waals surface area contributed by atoms with Gasteiger partial charge in [0.25, 0.3) is 0 Å². The van der Waals surface area contributed by atoms with Crippen LogP contribution in [-0.2, 0) is 4.79 Å². The number of carboxylic acids is 1. The summed E-state index contributed by atoms with van der Waals surface area (Å²) >= 11 is 0. The third-order valence-corrected chi connectivity index (χ3v) is 1.78. The molecule has 0 fully saturated rings. The van der Waals surface area contributed by atoms with Crippen molar-refractivity contribution in [1.82, 2.24) is 9.97 Å². The minimum atomic E-state index is -0.969. The molecule has 0 aliphatic carbocycles. The Hall–Kier alpha value is -2.16. The summed E-state index contributed by atoms with van der Waals surface area (Å²) in [6, 6.07) is 2.56. The highest BCUT2D eigenvalue weighted by molar-refractivity contribution is 5.76. The Morgan fingerprint density at radius 3 is 3.07 bits per heavy atom. The van der Waals surface area contributed by atoms with E-state index in [1.54, 1.807) is 6.92 Å². The van der Waals surface area contributed by atoms with Crippen LogP contribution in [0, 0.1) is 11.3 Å². The van der Waals surface area contributed by atoms with Gasteiger partial charge in [-0.15, -0.1) is 0 Å². The zero-order chi connectivity index (χ0) is 11.3. The molecule has 0 aliphatic rings. The molecule has 1 heterocycles. The second-order valence-electron chi connectivity index (χ2n) is 2.82. The molecule has 0 radical (unpaired) electrons. The number of hydrogen-bond donors (Lipinski definition) is 2. The fourth-order valence-corrected chi connectivity index (χ4v) is 0.985. The maximum absolute atomic E-state index is 10.7. The van der Waals surface area contributed by atoms with E-state index in [9.17, 15) is 4.79 Å². The summed E-state index contributed by atoms with van der Waals surface area (Å²) in [5.41, 5.74) is 0.202. The lowest BCUT2D eigenvalue weighted by molar-refractivity contribution is -0.137. The first-order valence-corrected chi connectivity index (χ1v) is 4.40. The summed E-state index contributed by atoms with van der Waals surface area (Å²) in [4.78, 5) is 18.3. The molecule has 0 spiro atoms. The van der Waals surface area contributed by atoms with Gasteiger partial charge in [-0.1, -0.05) is 6.92 Å². The fraction of sp³-hybridized carbons (Fsp3) is 0.333. The van der Waals surface area contributed by atoms with Gasteiger partial charge >= 0.3 is 5.97 Å². The van der Waals surface area contributed by atoms with Crippen molar-refractivity contribution < 1.29 is 9.90 Å². The number of aromatic nitrogens is 2. The van der Waals surface area contributed by atoms with Crippen molar-refractivity contribution in [2.45, 2.75) is 19.4 Å². The normalized spacial score (nSPS) is 11.5. The molecule has 1 aromatic rings. The minimum absolute atomic E-state index is 0.156. The first-order chi connectivity index (χ1) is 7.17. The van der Waals surface area contributed by atoms with Gasteiger partial charge < -0.3 is 10.4 Å². The first kappa shape index (κ1) is 10.9. The average Bonchev–Trinajstić information content (AvgIpc) is 2.25. The average molecular weight is 206 g/mol. The molecule has 15 heavy (non-hydrogen) atoms. The molecular weight excluding hydrogens is 196 g/mol. The van der Waals surface area contributed by atoms with Gasteiger partial charge in [0.1, 0.15) is 17.8 Å². The van der Waals surface area contributed by atoms with Crippen LogP contribution in [0.3, 0.4) is 0 Å². The third-order valence-electron chi connectivity index (χ3n) is 1.78. The molecule has 0 unspecified atom stereocenters. The van der Waals surface area contributed by atoms with Crippen LogP contribution in [0.4, 0.5) is 5.95 Å². The summed E-state index contributed by atoms with van der Waals surface area (Å²) in [5.74, 6) is -0.813. The predicted octanol–water partition coefficient (Wildman–Crippen LogP) is 0.623. The lowest BCUT2D eigenvalue weighted by Gasteiger charge is -2.11. The SMILES string of the molecule is CC[C@H](Nc1nccc(C#N)n1)C(=O)O. The molecule has 6 nitrogen and oxygen atoms in total. The Kier molecular flexibility index (Phi) is 3.57. The Morgan fingerprint density at radius 2 is 2.53 bits per heavy atom. The lowest BCUT2D eigenvalue weighted by Crippen LogP contribution is -2.29. The van der Waals surface area contributed by atoms with Crippen LogP contribution in [0.1, 0.15) is 19.0 Å². The van der Waals surface area contributed by atoms with Gasteiger partial charge in [-0.3, -0.25) is 0 Å². The van der Waals surface area contributed by atoms with E-state index in [2.05, 4.69) is 15.3 Å². The molecule has 0 aromatic carbocycles. The van der Waals surface area contributed by atoms with Gasteiger partial charge in [0.05, 0.1) is 0 Å². The molecule has 0 bridgehead atoms. The monoisotopic (exact) mass is 206 g/mol. The van der Waals surface area contributed by atoms with Crippen LogP contribution < -0.4 is 5.32 Å². The molecule has 1 atom stereocenters. The molecule has 1 rings (SSSR count). The maximum atomic E-state index is 10.7. The number of aliphatic carboxylic acids is 1. The molecule has 2 N–H and O–H groups in total. The summed E-state index contributed by atoms with van der Waals surface area (Å²) in [5, 5.41) is 20.0. The van der Waals surface area contributed by atoms with Gasteiger partial charge in [0.2, 0.25) is 5.95 Å². The Balaban J connectivity index is 2.80. The van der Waals surface area contributed by atoms with E-state index in [1.165, 1.54) is 12.3 Å². The number of carbonyl (C=O) groups is 1. The van der Waals surface area contributed by atoms with E-state index in [0.717, 1.165) is 0 Å². The van der Waals surface area contributed by atoms with Gasteiger partial charge in [-0.2, -0.15) is 5.26 Å². The smallest absolute Gasteiger partial charge is 0.326 e.